The van der Waals surface area contributed by atoms with Gasteiger partial charge < -0.3 is 9.15 Å². The van der Waals surface area contributed by atoms with Gasteiger partial charge in [-0.1, -0.05) is 42.5 Å². The lowest BCUT2D eigenvalue weighted by atomic mass is 10.0. The van der Waals surface area contributed by atoms with Gasteiger partial charge in [-0.2, -0.15) is 0 Å². The minimum absolute atomic E-state index is 0.0799. The summed E-state index contributed by atoms with van der Waals surface area (Å²) in [6.07, 6.45) is 1.39. The van der Waals surface area contributed by atoms with Gasteiger partial charge in [0, 0.05) is 17.0 Å². The number of para-hydroxylation sites is 2. The Hall–Kier alpha value is -4.06. The molecule has 6 nitrogen and oxygen atoms in total. The molecule has 29 heavy (non-hydrogen) atoms. The smallest absolute Gasteiger partial charge is 0.358 e. The summed E-state index contributed by atoms with van der Waals surface area (Å²) in [5, 5.41) is 2.67. The monoisotopic (exact) mass is 382 g/mol. The Kier molecular flexibility index (Phi) is 4.02. The highest BCUT2D eigenvalue weighted by molar-refractivity contribution is 6.07. The average Bonchev–Trinajstić information content (AvgIpc) is 2.76. The van der Waals surface area contributed by atoms with Crippen molar-refractivity contribution in [1.82, 2.24) is 9.97 Å². The van der Waals surface area contributed by atoms with Gasteiger partial charge in [0.1, 0.15) is 12.2 Å². The first-order valence-electron chi connectivity index (χ1n) is 9.02. The summed E-state index contributed by atoms with van der Waals surface area (Å²) in [6.45, 7) is -0.0799. The summed E-state index contributed by atoms with van der Waals surface area (Å²) in [5.74, 6) is -0.607. The first-order chi connectivity index (χ1) is 14.2. The Morgan fingerprint density at radius 3 is 2.66 bits per heavy atom. The molecule has 140 valence electrons. The minimum atomic E-state index is -0.607. The molecule has 0 radical (unpaired) electrons. The molecular formula is C23H14N2O4. The number of aromatic nitrogens is 2. The summed E-state index contributed by atoms with van der Waals surface area (Å²) < 4.78 is 10.8. The highest BCUT2D eigenvalue weighted by Crippen LogP contribution is 2.27. The predicted molar refractivity (Wildman–Crippen MR) is 109 cm³/mol. The van der Waals surface area contributed by atoms with Crippen LogP contribution in [0.15, 0.2) is 82.1 Å². The molecule has 0 bridgehead atoms. The number of hydrogen-bond acceptors (Lipinski definition) is 6. The average molecular weight is 382 g/mol. The number of nitrogens with zero attached hydrogens (tertiary/aromatic N) is 2. The van der Waals surface area contributed by atoms with E-state index in [0.29, 0.717) is 22.2 Å². The molecule has 3 aromatic carbocycles. The van der Waals surface area contributed by atoms with E-state index in [9.17, 15) is 9.59 Å². The zero-order valence-electron chi connectivity index (χ0n) is 15.2. The first-order valence-corrected chi connectivity index (χ1v) is 9.02. The second kappa shape index (κ2) is 6.83. The van der Waals surface area contributed by atoms with Crippen LogP contribution in [0.4, 0.5) is 0 Å². The fourth-order valence-corrected chi connectivity index (χ4v) is 3.41. The van der Waals surface area contributed by atoms with E-state index in [0.717, 1.165) is 16.2 Å². The van der Waals surface area contributed by atoms with Crippen molar-refractivity contribution in [3.8, 4) is 0 Å². The zero-order valence-corrected chi connectivity index (χ0v) is 15.2. The van der Waals surface area contributed by atoms with Crippen LogP contribution in [0.1, 0.15) is 16.1 Å². The number of carbonyl (C=O) groups excluding carboxylic acids is 1. The van der Waals surface area contributed by atoms with Crippen LogP contribution in [0.2, 0.25) is 0 Å². The molecule has 0 aliphatic carbocycles. The molecule has 0 unspecified atom stereocenters. The summed E-state index contributed by atoms with van der Waals surface area (Å²) in [6, 6.07) is 20.0. The Balaban J connectivity index is 1.52. The van der Waals surface area contributed by atoms with E-state index in [4.69, 9.17) is 9.15 Å². The maximum atomic E-state index is 12.5. The van der Waals surface area contributed by atoms with E-state index in [1.54, 1.807) is 12.1 Å². The third-order valence-electron chi connectivity index (χ3n) is 4.73. The van der Waals surface area contributed by atoms with E-state index in [2.05, 4.69) is 9.97 Å². The normalized spacial score (nSPS) is 11.2. The number of fused-ring (bicyclic) bond motifs is 4. The molecular weight excluding hydrogens is 368 g/mol. The van der Waals surface area contributed by atoms with Crippen molar-refractivity contribution in [1.29, 1.82) is 0 Å². The molecule has 5 aromatic rings. The van der Waals surface area contributed by atoms with E-state index >= 15 is 0 Å². The van der Waals surface area contributed by atoms with E-state index in [1.165, 1.54) is 12.3 Å². The van der Waals surface area contributed by atoms with Gasteiger partial charge in [-0.15, -0.1) is 0 Å². The SMILES string of the molecule is O=C(OCc1cc(=O)oc2ccc3ccccc3c12)c1cnc2ccccc2n1. The van der Waals surface area contributed by atoms with Gasteiger partial charge in [0.2, 0.25) is 0 Å². The van der Waals surface area contributed by atoms with Crippen LogP contribution in [0.25, 0.3) is 32.8 Å². The van der Waals surface area contributed by atoms with Gasteiger partial charge in [-0.25, -0.2) is 14.6 Å². The van der Waals surface area contributed by atoms with Crippen molar-refractivity contribution in [3.63, 3.8) is 0 Å². The van der Waals surface area contributed by atoms with Crippen molar-refractivity contribution in [3.05, 3.63) is 94.6 Å². The van der Waals surface area contributed by atoms with E-state index in [1.807, 2.05) is 48.5 Å². The molecule has 2 aromatic heterocycles. The highest BCUT2D eigenvalue weighted by Gasteiger charge is 2.14. The molecule has 5 rings (SSSR count). The Bertz CT molecular complexity index is 1460. The maximum Gasteiger partial charge on any atom is 0.358 e. The second-order valence-electron chi connectivity index (χ2n) is 6.57. The molecule has 0 aliphatic heterocycles. The number of rotatable bonds is 3. The zero-order chi connectivity index (χ0) is 19.8. The number of ether oxygens (including phenoxy) is 1. The molecule has 2 heterocycles. The molecule has 0 N–H and O–H groups in total. The summed E-state index contributed by atoms with van der Waals surface area (Å²) in [5.41, 5.74) is 1.95. The standard InChI is InChI=1S/C23H14N2O4/c26-21-11-15(22-16-6-2-1-5-14(16)9-10-20(22)29-21)13-28-23(27)19-12-24-17-7-3-4-8-18(17)25-19/h1-12H,13H2. The van der Waals surface area contributed by atoms with Crippen molar-refractivity contribution in [2.24, 2.45) is 0 Å². The molecule has 0 atom stereocenters. The third-order valence-corrected chi connectivity index (χ3v) is 4.73. The first kappa shape index (κ1) is 17.1. The van der Waals surface area contributed by atoms with Gasteiger partial charge in [-0.05, 0) is 29.0 Å². The van der Waals surface area contributed by atoms with Gasteiger partial charge in [-0.3, -0.25) is 4.98 Å². The molecule has 6 heteroatoms. The van der Waals surface area contributed by atoms with Crippen molar-refractivity contribution >= 4 is 38.7 Å². The molecule has 0 saturated carbocycles. The van der Waals surface area contributed by atoms with Crippen LogP contribution in [0, 0.1) is 0 Å². The number of hydrogen-bond donors (Lipinski definition) is 0. The lowest BCUT2D eigenvalue weighted by Gasteiger charge is -2.09. The van der Waals surface area contributed by atoms with E-state index in [-0.39, 0.29) is 12.3 Å². The number of benzene rings is 3. The van der Waals surface area contributed by atoms with Crippen LogP contribution in [-0.2, 0) is 11.3 Å². The summed E-state index contributed by atoms with van der Waals surface area (Å²) in [4.78, 5) is 33.0. The Morgan fingerprint density at radius 2 is 1.76 bits per heavy atom. The van der Waals surface area contributed by atoms with Crippen LogP contribution in [0.5, 0.6) is 0 Å². The van der Waals surface area contributed by atoms with Gasteiger partial charge in [0.15, 0.2) is 5.69 Å². The van der Waals surface area contributed by atoms with Crippen LogP contribution >= 0.6 is 0 Å². The fraction of sp³-hybridized carbons (Fsp3) is 0.0435. The lowest BCUT2D eigenvalue weighted by Crippen LogP contribution is -2.10. The summed E-state index contributed by atoms with van der Waals surface area (Å²) in [7, 11) is 0. The van der Waals surface area contributed by atoms with Gasteiger partial charge in [0.05, 0.1) is 17.2 Å². The molecule has 0 amide bonds. The second-order valence-corrected chi connectivity index (χ2v) is 6.57. The minimum Gasteiger partial charge on any atom is -0.456 e. The quantitative estimate of drug-likeness (QED) is 0.264. The van der Waals surface area contributed by atoms with Crippen LogP contribution in [0.3, 0.4) is 0 Å². The van der Waals surface area contributed by atoms with Crippen molar-refractivity contribution in [2.45, 2.75) is 6.61 Å². The summed E-state index contributed by atoms with van der Waals surface area (Å²) >= 11 is 0. The largest absolute Gasteiger partial charge is 0.456 e. The van der Waals surface area contributed by atoms with Crippen molar-refractivity contribution in [2.75, 3.05) is 0 Å². The van der Waals surface area contributed by atoms with Crippen LogP contribution < -0.4 is 5.63 Å². The molecule has 0 spiro atoms. The Labute approximate surface area is 164 Å². The predicted octanol–water partition coefficient (Wildman–Crippen LogP) is 4.25. The van der Waals surface area contributed by atoms with E-state index < -0.39 is 11.6 Å². The topological polar surface area (TPSA) is 82.3 Å². The van der Waals surface area contributed by atoms with Crippen molar-refractivity contribution < 1.29 is 13.9 Å². The fourth-order valence-electron chi connectivity index (χ4n) is 3.41. The van der Waals surface area contributed by atoms with Gasteiger partial charge >= 0.3 is 11.6 Å². The number of carbonyl (C=O) groups is 1. The van der Waals surface area contributed by atoms with Gasteiger partial charge in [0.25, 0.3) is 0 Å². The lowest BCUT2D eigenvalue weighted by molar-refractivity contribution is 0.0467. The molecule has 0 saturated heterocycles. The molecule has 0 aliphatic rings. The highest BCUT2D eigenvalue weighted by atomic mass is 16.5. The third kappa shape index (κ3) is 3.10. The van der Waals surface area contributed by atoms with Crippen LogP contribution in [-0.4, -0.2) is 15.9 Å². The Morgan fingerprint density at radius 1 is 0.966 bits per heavy atom. The number of esters is 1. The molecule has 0 fully saturated rings. The maximum absolute atomic E-state index is 12.5.